The first-order chi connectivity index (χ1) is 13.0. The van der Waals surface area contributed by atoms with Gasteiger partial charge in [0, 0.05) is 23.7 Å². The first-order valence-corrected chi connectivity index (χ1v) is 8.77. The molecular formula is C20H21ClFN3O2. The SMILES string of the molecule is COc1ccccc1N(CCC#N)C(=O)CN(C)Cc1c(F)cccc1Cl. The predicted molar refractivity (Wildman–Crippen MR) is 103 cm³/mol. The summed E-state index contributed by atoms with van der Waals surface area (Å²) in [7, 11) is 3.24. The second-order valence-electron chi connectivity index (χ2n) is 6.00. The fourth-order valence-corrected chi connectivity index (χ4v) is 2.94. The number of nitrogens with zero attached hydrogens (tertiary/aromatic N) is 3. The summed E-state index contributed by atoms with van der Waals surface area (Å²) in [5.74, 6) is -0.0823. The van der Waals surface area contributed by atoms with E-state index >= 15 is 0 Å². The van der Waals surface area contributed by atoms with Crippen LogP contribution in [0.5, 0.6) is 5.75 Å². The Labute approximate surface area is 163 Å². The number of carbonyl (C=O) groups excluding carboxylic acids is 1. The fourth-order valence-electron chi connectivity index (χ4n) is 2.72. The molecule has 0 heterocycles. The number of halogens is 2. The van der Waals surface area contributed by atoms with Gasteiger partial charge in [-0.05, 0) is 31.3 Å². The monoisotopic (exact) mass is 389 g/mol. The van der Waals surface area contributed by atoms with Gasteiger partial charge in [-0.2, -0.15) is 5.26 Å². The van der Waals surface area contributed by atoms with Gasteiger partial charge < -0.3 is 9.64 Å². The summed E-state index contributed by atoms with van der Waals surface area (Å²) in [6.07, 6.45) is 0.187. The van der Waals surface area contributed by atoms with Crippen LogP contribution in [0.3, 0.4) is 0 Å². The minimum absolute atomic E-state index is 0.0359. The molecule has 0 saturated carbocycles. The zero-order chi connectivity index (χ0) is 19.8. The number of para-hydroxylation sites is 2. The molecule has 2 rings (SSSR count). The van der Waals surface area contributed by atoms with E-state index in [0.717, 1.165) is 0 Å². The summed E-state index contributed by atoms with van der Waals surface area (Å²) in [6, 6.07) is 13.7. The smallest absolute Gasteiger partial charge is 0.241 e. The maximum atomic E-state index is 14.0. The number of hydrogen-bond donors (Lipinski definition) is 0. The summed E-state index contributed by atoms with van der Waals surface area (Å²) < 4.78 is 19.3. The number of rotatable bonds is 8. The molecule has 27 heavy (non-hydrogen) atoms. The standard InChI is InChI=1S/C20H21ClFN3O2/c1-24(13-15-16(21)7-5-8-17(15)22)14-20(26)25(12-6-11-23)18-9-3-4-10-19(18)27-2/h3-5,7-10H,6,12-14H2,1-2H3. The lowest BCUT2D eigenvalue weighted by Gasteiger charge is -2.26. The van der Waals surface area contributed by atoms with Gasteiger partial charge in [-0.25, -0.2) is 4.39 Å². The van der Waals surface area contributed by atoms with Crippen molar-refractivity contribution < 1.29 is 13.9 Å². The molecule has 0 spiro atoms. The molecule has 142 valence electrons. The molecule has 0 fully saturated rings. The highest BCUT2D eigenvalue weighted by Gasteiger charge is 2.21. The zero-order valence-electron chi connectivity index (χ0n) is 15.3. The highest BCUT2D eigenvalue weighted by atomic mass is 35.5. The Morgan fingerprint density at radius 1 is 1.26 bits per heavy atom. The van der Waals surface area contributed by atoms with E-state index in [-0.39, 0.29) is 32.0 Å². The van der Waals surface area contributed by atoms with E-state index in [1.165, 1.54) is 24.1 Å². The zero-order valence-corrected chi connectivity index (χ0v) is 16.0. The Morgan fingerprint density at radius 2 is 2.00 bits per heavy atom. The lowest BCUT2D eigenvalue weighted by atomic mass is 10.2. The van der Waals surface area contributed by atoms with E-state index in [1.54, 1.807) is 36.2 Å². The molecule has 2 aromatic carbocycles. The lowest BCUT2D eigenvalue weighted by Crippen LogP contribution is -2.39. The average molecular weight is 390 g/mol. The van der Waals surface area contributed by atoms with Gasteiger partial charge in [-0.3, -0.25) is 9.69 Å². The van der Waals surface area contributed by atoms with Crippen LogP contribution in [-0.2, 0) is 11.3 Å². The molecule has 0 aliphatic rings. The molecule has 0 aliphatic heterocycles. The van der Waals surface area contributed by atoms with Gasteiger partial charge in [0.1, 0.15) is 11.6 Å². The summed E-state index contributed by atoms with van der Waals surface area (Å²) >= 11 is 6.06. The van der Waals surface area contributed by atoms with Crippen molar-refractivity contribution in [2.75, 3.05) is 32.1 Å². The van der Waals surface area contributed by atoms with Gasteiger partial charge in [0.2, 0.25) is 5.91 Å². The summed E-state index contributed by atoms with van der Waals surface area (Å²) in [4.78, 5) is 16.1. The first kappa shape index (κ1) is 20.7. The maximum absolute atomic E-state index is 14.0. The van der Waals surface area contributed by atoms with Gasteiger partial charge in [-0.15, -0.1) is 0 Å². The number of benzene rings is 2. The molecule has 2 aromatic rings. The second kappa shape index (κ2) is 9.91. The van der Waals surface area contributed by atoms with Crippen LogP contribution in [0, 0.1) is 17.1 Å². The number of nitriles is 1. The molecule has 1 amide bonds. The largest absolute Gasteiger partial charge is 0.495 e. The third kappa shape index (κ3) is 5.43. The number of anilines is 1. The number of amides is 1. The third-order valence-corrected chi connectivity index (χ3v) is 4.37. The molecule has 0 unspecified atom stereocenters. The van der Waals surface area contributed by atoms with Crippen molar-refractivity contribution in [2.45, 2.75) is 13.0 Å². The molecule has 5 nitrogen and oxygen atoms in total. The van der Waals surface area contributed by atoms with Gasteiger partial charge in [-0.1, -0.05) is 29.8 Å². The number of ether oxygens (including phenoxy) is 1. The van der Waals surface area contributed by atoms with Gasteiger partial charge >= 0.3 is 0 Å². The quantitative estimate of drug-likeness (QED) is 0.687. The topological polar surface area (TPSA) is 56.6 Å². The average Bonchev–Trinajstić information content (AvgIpc) is 2.65. The molecule has 0 N–H and O–H groups in total. The van der Waals surface area contributed by atoms with Gasteiger partial charge in [0.25, 0.3) is 0 Å². The highest BCUT2D eigenvalue weighted by molar-refractivity contribution is 6.31. The van der Waals surface area contributed by atoms with Crippen molar-refractivity contribution in [3.8, 4) is 11.8 Å². The van der Waals surface area contributed by atoms with Crippen molar-refractivity contribution in [3.63, 3.8) is 0 Å². The van der Waals surface area contributed by atoms with Crippen LogP contribution in [0.1, 0.15) is 12.0 Å². The van der Waals surface area contributed by atoms with Crippen LogP contribution in [0.2, 0.25) is 5.02 Å². The Hall–Kier alpha value is -2.62. The lowest BCUT2D eigenvalue weighted by molar-refractivity contribution is -0.119. The highest BCUT2D eigenvalue weighted by Crippen LogP contribution is 2.28. The van der Waals surface area contributed by atoms with Crippen LogP contribution in [0.15, 0.2) is 42.5 Å². The summed E-state index contributed by atoms with van der Waals surface area (Å²) in [5, 5.41) is 9.24. The van der Waals surface area contributed by atoms with Crippen LogP contribution in [0.25, 0.3) is 0 Å². The third-order valence-electron chi connectivity index (χ3n) is 4.02. The minimum atomic E-state index is -0.409. The Balaban J connectivity index is 2.17. The number of likely N-dealkylation sites (N-methyl/N-ethyl adjacent to an activating group) is 1. The van der Waals surface area contributed by atoms with E-state index in [2.05, 4.69) is 6.07 Å². The normalized spacial score (nSPS) is 10.5. The fraction of sp³-hybridized carbons (Fsp3) is 0.300. The molecule has 0 bridgehead atoms. The second-order valence-corrected chi connectivity index (χ2v) is 6.41. The predicted octanol–water partition coefficient (Wildman–Crippen LogP) is 3.87. The van der Waals surface area contributed by atoms with Crippen LogP contribution in [-0.4, -0.2) is 38.1 Å². The van der Waals surface area contributed by atoms with E-state index in [4.69, 9.17) is 21.6 Å². The minimum Gasteiger partial charge on any atom is -0.495 e. The van der Waals surface area contributed by atoms with Gasteiger partial charge in [0.05, 0.1) is 31.8 Å². The molecule has 0 atom stereocenters. The summed E-state index contributed by atoms with van der Waals surface area (Å²) in [6.45, 7) is 0.466. The molecule has 0 aromatic heterocycles. The van der Waals surface area contributed by atoms with Crippen LogP contribution in [0.4, 0.5) is 10.1 Å². The molecule has 0 aliphatic carbocycles. The van der Waals surface area contributed by atoms with Crippen LogP contribution < -0.4 is 9.64 Å². The molecule has 7 heteroatoms. The van der Waals surface area contributed by atoms with Crippen molar-refractivity contribution >= 4 is 23.2 Å². The summed E-state index contributed by atoms with van der Waals surface area (Å²) in [5.41, 5.74) is 0.938. The Morgan fingerprint density at radius 3 is 2.67 bits per heavy atom. The molecule has 0 saturated heterocycles. The number of methoxy groups -OCH3 is 1. The van der Waals surface area contributed by atoms with E-state index in [0.29, 0.717) is 22.0 Å². The van der Waals surface area contributed by atoms with E-state index in [9.17, 15) is 9.18 Å². The van der Waals surface area contributed by atoms with Crippen molar-refractivity contribution in [2.24, 2.45) is 0 Å². The molecular weight excluding hydrogens is 369 g/mol. The number of carbonyl (C=O) groups is 1. The maximum Gasteiger partial charge on any atom is 0.241 e. The van der Waals surface area contributed by atoms with Crippen LogP contribution >= 0.6 is 11.6 Å². The Bertz CT molecular complexity index is 818. The van der Waals surface area contributed by atoms with Gasteiger partial charge in [0.15, 0.2) is 0 Å². The van der Waals surface area contributed by atoms with Crippen molar-refractivity contribution in [1.29, 1.82) is 5.26 Å². The number of hydrogen-bond acceptors (Lipinski definition) is 4. The van der Waals surface area contributed by atoms with E-state index < -0.39 is 5.82 Å². The van der Waals surface area contributed by atoms with E-state index in [1.807, 2.05) is 6.07 Å². The van der Waals surface area contributed by atoms with Crippen molar-refractivity contribution in [1.82, 2.24) is 4.90 Å². The molecule has 0 radical (unpaired) electrons. The Kier molecular flexibility index (Phi) is 7.59. The first-order valence-electron chi connectivity index (χ1n) is 8.39. The van der Waals surface area contributed by atoms with Crippen molar-refractivity contribution in [3.05, 3.63) is 58.9 Å².